The van der Waals surface area contributed by atoms with Crippen LogP contribution >= 0.6 is 0 Å². The van der Waals surface area contributed by atoms with Crippen molar-refractivity contribution in [1.29, 1.82) is 0 Å². The third-order valence-corrected chi connectivity index (χ3v) is 4.86. The minimum Gasteiger partial charge on any atom is -0.325 e. The molecule has 0 unspecified atom stereocenters. The molecule has 1 aromatic heterocycles. The summed E-state index contributed by atoms with van der Waals surface area (Å²) in [4.78, 5) is 6.33. The molecule has 0 radical (unpaired) electrons. The number of sulfone groups is 1. The van der Waals surface area contributed by atoms with Gasteiger partial charge in [0.05, 0.1) is 17.2 Å². The molecule has 2 N–H and O–H groups in total. The van der Waals surface area contributed by atoms with Gasteiger partial charge in [-0.3, -0.25) is 9.88 Å². The van der Waals surface area contributed by atoms with Crippen LogP contribution in [0.4, 0.5) is 0 Å². The van der Waals surface area contributed by atoms with Crippen molar-refractivity contribution in [3.05, 3.63) is 29.6 Å². The van der Waals surface area contributed by atoms with Gasteiger partial charge in [-0.15, -0.1) is 0 Å². The molecule has 0 saturated carbocycles. The summed E-state index contributed by atoms with van der Waals surface area (Å²) in [6.45, 7) is 2.65. The van der Waals surface area contributed by atoms with Crippen molar-refractivity contribution in [1.82, 2.24) is 9.88 Å². The summed E-state index contributed by atoms with van der Waals surface area (Å²) in [7, 11) is -2.83. The number of hydrogen-bond donors (Lipinski definition) is 1. The Hall–Kier alpha value is -0.980. The average Bonchev–Trinajstić information content (AvgIpc) is 2.51. The second-order valence-electron chi connectivity index (χ2n) is 4.64. The first-order valence-electron chi connectivity index (χ1n) is 6.16. The lowest BCUT2D eigenvalue weighted by Crippen LogP contribution is -2.26. The van der Waals surface area contributed by atoms with Gasteiger partial charge >= 0.3 is 0 Å². The van der Waals surface area contributed by atoms with E-state index in [0.717, 1.165) is 30.8 Å². The molecule has 2 rings (SSSR count). The summed E-state index contributed by atoms with van der Waals surface area (Å²) in [6, 6.07) is 3.94. The van der Waals surface area contributed by atoms with E-state index in [4.69, 9.17) is 5.73 Å². The van der Waals surface area contributed by atoms with E-state index in [9.17, 15) is 8.42 Å². The molecular formula is C12H19N3O2S. The minimum atomic E-state index is -2.83. The molecular weight excluding hydrogens is 250 g/mol. The largest absolute Gasteiger partial charge is 0.325 e. The van der Waals surface area contributed by atoms with E-state index in [1.54, 1.807) is 6.20 Å². The van der Waals surface area contributed by atoms with Crippen LogP contribution in [-0.4, -0.2) is 42.9 Å². The van der Waals surface area contributed by atoms with Crippen LogP contribution in [0, 0.1) is 0 Å². The maximum atomic E-state index is 11.5. The molecule has 1 fully saturated rings. The van der Waals surface area contributed by atoms with Gasteiger partial charge in [-0.2, -0.15) is 0 Å². The standard InChI is InChI=1S/C12H19N3O2S/c13-9-12-8-11(2-3-14-12)10-15-4-1-6-18(16,17)7-5-15/h2-3,8H,1,4-7,9-10,13H2. The van der Waals surface area contributed by atoms with E-state index in [1.165, 1.54) is 0 Å². The summed E-state index contributed by atoms with van der Waals surface area (Å²) in [5.41, 5.74) is 7.57. The lowest BCUT2D eigenvalue weighted by molar-refractivity contribution is 0.287. The number of nitrogens with two attached hydrogens (primary N) is 1. The molecule has 100 valence electrons. The highest BCUT2D eigenvalue weighted by atomic mass is 32.2. The Labute approximate surface area is 108 Å². The molecule has 5 nitrogen and oxygen atoms in total. The van der Waals surface area contributed by atoms with Crippen molar-refractivity contribution in [3.8, 4) is 0 Å². The second-order valence-corrected chi connectivity index (χ2v) is 6.94. The number of hydrogen-bond acceptors (Lipinski definition) is 5. The Morgan fingerprint density at radius 2 is 2.17 bits per heavy atom. The fourth-order valence-corrected chi connectivity index (χ4v) is 3.45. The zero-order valence-corrected chi connectivity index (χ0v) is 11.2. The highest BCUT2D eigenvalue weighted by Gasteiger charge is 2.18. The van der Waals surface area contributed by atoms with E-state index >= 15 is 0 Å². The number of rotatable bonds is 3. The van der Waals surface area contributed by atoms with E-state index in [1.807, 2.05) is 12.1 Å². The summed E-state index contributed by atoms with van der Waals surface area (Å²) < 4.78 is 23.0. The lowest BCUT2D eigenvalue weighted by atomic mass is 10.2. The topological polar surface area (TPSA) is 76.3 Å². The van der Waals surface area contributed by atoms with Crippen molar-refractivity contribution in [2.45, 2.75) is 19.5 Å². The first-order chi connectivity index (χ1) is 8.59. The molecule has 0 amide bonds. The SMILES string of the molecule is NCc1cc(CN2CCCS(=O)(=O)CC2)ccn1. The fraction of sp³-hybridized carbons (Fsp3) is 0.583. The van der Waals surface area contributed by atoms with E-state index < -0.39 is 9.84 Å². The van der Waals surface area contributed by atoms with E-state index in [-0.39, 0.29) is 5.75 Å². The van der Waals surface area contributed by atoms with Gasteiger partial charge in [0, 0.05) is 25.8 Å². The van der Waals surface area contributed by atoms with E-state index in [2.05, 4.69) is 9.88 Å². The Morgan fingerprint density at radius 3 is 2.94 bits per heavy atom. The third kappa shape index (κ3) is 3.76. The Morgan fingerprint density at radius 1 is 1.33 bits per heavy atom. The smallest absolute Gasteiger partial charge is 0.151 e. The van der Waals surface area contributed by atoms with Crippen molar-refractivity contribution < 1.29 is 8.42 Å². The van der Waals surface area contributed by atoms with Crippen LogP contribution in [0.5, 0.6) is 0 Å². The first-order valence-corrected chi connectivity index (χ1v) is 7.98. The van der Waals surface area contributed by atoms with Crippen LogP contribution in [0.1, 0.15) is 17.7 Å². The Balaban J connectivity index is 2.00. The van der Waals surface area contributed by atoms with Gasteiger partial charge < -0.3 is 5.73 Å². The maximum Gasteiger partial charge on any atom is 0.151 e. The normalized spacial score (nSPS) is 20.5. The van der Waals surface area contributed by atoms with Crippen LogP contribution in [0.3, 0.4) is 0 Å². The molecule has 1 aliphatic rings. The quantitative estimate of drug-likeness (QED) is 0.846. The van der Waals surface area contributed by atoms with Gasteiger partial charge in [0.25, 0.3) is 0 Å². The van der Waals surface area contributed by atoms with Gasteiger partial charge in [0.1, 0.15) is 0 Å². The van der Waals surface area contributed by atoms with Crippen LogP contribution in [0.25, 0.3) is 0 Å². The molecule has 0 aromatic carbocycles. The number of pyridine rings is 1. The predicted molar refractivity (Wildman–Crippen MR) is 70.7 cm³/mol. The first kappa shape index (κ1) is 13.5. The van der Waals surface area contributed by atoms with Gasteiger partial charge in [0.15, 0.2) is 9.84 Å². The molecule has 6 heteroatoms. The number of aromatic nitrogens is 1. The molecule has 1 saturated heterocycles. The lowest BCUT2D eigenvalue weighted by Gasteiger charge is -2.19. The molecule has 0 bridgehead atoms. The molecule has 0 aliphatic carbocycles. The van der Waals surface area contributed by atoms with Gasteiger partial charge in [0.2, 0.25) is 0 Å². The summed E-state index contributed by atoms with van der Waals surface area (Å²) in [5, 5.41) is 0. The highest BCUT2D eigenvalue weighted by molar-refractivity contribution is 7.91. The zero-order chi connectivity index (χ0) is 13.0. The van der Waals surface area contributed by atoms with Crippen molar-refractivity contribution in [2.75, 3.05) is 24.6 Å². The molecule has 0 atom stereocenters. The summed E-state index contributed by atoms with van der Waals surface area (Å²) in [6.07, 6.45) is 2.48. The molecule has 2 heterocycles. The van der Waals surface area contributed by atoms with Crippen molar-refractivity contribution in [3.63, 3.8) is 0 Å². The van der Waals surface area contributed by atoms with Crippen LogP contribution < -0.4 is 5.73 Å². The van der Waals surface area contributed by atoms with Crippen LogP contribution in [0.15, 0.2) is 18.3 Å². The zero-order valence-electron chi connectivity index (χ0n) is 10.4. The van der Waals surface area contributed by atoms with Gasteiger partial charge in [-0.05, 0) is 30.7 Å². The predicted octanol–water partition coefficient (Wildman–Crippen LogP) is 0.161. The molecule has 1 aliphatic heterocycles. The summed E-state index contributed by atoms with van der Waals surface area (Å²) >= 11 is 0. The molecule has 18 heavy (non-hydrogen) atoms. The van der Waals surface area contributed by atoms with Crippen molar-refractivity contribution in [2.24, 2.45) is 5.73 Å². The Kier molecular flexibility index (Phi) is 4.31. The highest BCUT2D eigenvalue weighted by Crippen LogP contribution is 2.10. The van der Waals surface area contributed by atoms with Gasteiger partial charge in [-0.1, -0.05) is 0 Å². The Bertz CT molecular complexity index is 502. The maximum absolute atomic E-state index is 11.5. The second kappa shape index (κ2) is 5.77. The molecule has 0 spiro atoms. The fourth-order valence-electron chi connectivity index (χ4n) is 2.14. The third-order valence-electron chi connectivity index (χ3n) is 3.14. The average molecular weight is 269 g/mol. The van der Waals surface area contributed by atoms with Crippen molar-refractivity contribution >= 4 is 9.84 Å². The minimum absolute atomic E-state index is 0.266. The molecule has 1 aromatic rings. The van der Waals surface area contributed by atoms with E-state index in [0.29, 0.717) is 18.8 Å². The monoisotopic (exact) mass is 269 g/mol. The summed E-state index contributed by atoms with van der Waals surface area (Å²) in [5.74, 6) is 0.579. The number of nitrogens with zero attached hydrogens (tertiary/aromatic N) is 2. The van der Waals surface area contributed by atoms with Crippen LogP contribution in [0.2, 0.25) is 0 Å². The van der Waals surface area contributed by atoms with Gasteiger partial charge in [-0.25, -0.2) is 8.42 Å². The van der Waals surface area contributed by atoms with Crippen LogP contribution in [-0.2, 0) is 22.9 Å².